The Morgan fingerprint density at radius 3 is 1.18 bits per heavy atom. The van der Waals surface area contributed by atoms with Gasteiger partial charge in [-0.15, -0.1) is 0 Å². The predicted molar refractivity (Wildman–Crippen MR) is 168 cm³/mol. The first kappa shape index (κ1) is 31.3. The van der Waals surface area contributed by atoms with Gasteiger partial charge in [0.25, 0.3) is 0 Å². The summed E-state index contributed by atoms with van der Waals surface area (Å²) < 4.78 is 0. The van der Waals surface area contributed by atoms with E-state index in [2.05, 4.69) is 46.4 Å². The van der Waals surface area contributed by atoms with Crippen LogP contribution >= 0.6 is 0 Å². The van der Waals surface area contributed by atoms with Crippen molar-refractivity contribution in [2.24, 2.45) is 59.2 Å². The summed E-state index contributed by atoms with van der Waals surface area (Å²) in [5.41, 5.74) is 0. The molecule has 5 rings (SSSR count). The molecule has 0 aromatic rings. The molecule has 0 amide bonds. The fraction of sp³-hybridized carbons (Fsp3) is 1.00. The van der Waals surface area contributed by atoms with E-state index in [-0.39, 0.29) is 12.2 Å². The highest BCUT2D eigenvalue weighted by molar-refractivity contribution is 4.98. The smallest absolute Gasteiger partial charge is 0.0568 e. The van der Waals surface area contributed by atoms with Gasteiger partial charge in [0.15, 0.2) is 0 Å². The normalized spacial score (nSPS) is 50.0. The summed E-state index contributed by atoms with van der Waals surface area (Å²) in [6, 6.07) is 2.49. The van der Waals surface area contributed by atoms with Crippen LogP contribution in [0.5, 0.6) is 0 Å². The number of aliphatic hydroxyl groups is 2. The van der Waals surface area contributed by atoms with E-state index in [4.69, 9.17) is 0 Å². The minimum absolute atomic E-state index is 0.114. The molecule has 3 heteroatoms. The lowest BCUT2D eigenvalue weighted by molar-refractivity contribution is -0.0687. The van der Waals surface area contributed by atoms with Gasteiger partial charge in [-0.3, -0.25) is 4.90 Å². The highest BCUT2D eigenvalue weighted by Gasteiger charge is 2.48. The Morgan fingerprint density at radius 1 is 0.450 bits per heavy atom. The molecule has 0 aliphatic heterocycles. The van der Waals surface area contributed by atoms with Gasteiger partial charge in [0.05, 0.1) is 12.2 Å². The highest BCUT2D eigenvalue weighted by Crippen LogP contribution is 2.53. The third-order valence-electron chi connectivity index (χ3n) is 13.8. The Bertz CT molecular complexity index is 710. The fourth-order valence-electron chi connectivity index (χ4n) is 11.1. The van der Waals surface area contributed by atoms with E-state index < -0.39 is 0 Å². The summed E-state index contributed by atoms with van der Waals surface area (Å²) in [7, 11) is 0. The van der Waals surface area contributed by atoms with Gasteiger partial charge >= 0.3 is 0 Å². The third kappa shape index (κ3) is 6.99. The van der Waals surface area contributed by atoms with E-state index in [1.54, 1.807) is 0 Å². The Kier molecular flexibility index (Phi) is 10.7. The minimum atomic E-state index is -0.114. The molecule has 0 heterocycles. The third-order valence-corrected chi connectivity index (χ3v) is 13.8. The van der Waals surface area contributed by atoms with Crippen LogP contribution in [0.15, 0.2) is 0 Å². The van der Waals surface area contributed by atoms with Gasteiger partial charge < -0.3 is 10.2 Å². The van der Waals surface area contributed by atoms with Gasteiger partial charge in [0.2, 0.25) is 0 Å². The summed E-state index contributed by atoms with van der Waals surface area (Å²) in [6.07, 6.45) is 21.3. The Morgan fingerprint density at radius 2 is 0.800 bits per heavy atom. The molecule has 0 radical (unpaired) electrons. The Hall–Kier alpha value is -0.120. The largest absolute Gasteiger partial charge is 0.393 e. The van der Waals surface area contributed by atoms with E-state index in [9.17, 15) is 10.2 Å². The monoisotopic (exact) mass is 558 g/mol. The lowest BCUT2D eigenvalue weighted by Crippen LogP contribution is -2.53. The second-order valence-corrected chi connectivity index (χ2v) is 16.7. The molecule has 232 valence electrons. The zero-order valence-electron chi connectivity index (χ0n) is 27.3. The Balaban J connectivity index is 1.33. The van der Waals surface area contributed by atoms with Crippen LogP contribution in [-0.4, -0.2) is 45.4 Å². The van der Waals surface area contributed by atoms with Crippen LogP contribution in [0.3, 0.4) is 0 Å². The van der Waals surface area contributed by atoms with E-state index in [1.165, 1.54) is 89.9 Å². The van der Waals surface area contributed by atoms with Crippen molar-refractivity contribution >= 4 is 0 Å². The molecule has 40 heavy (non-hydrogen) atoms. The van der Waals surface area contributed by atoms with Crippen LogP contribution < -0.4 is 0 Å². The SMILES string of the molecule is CC1CCC(N(C2CCC(C)CC2)C2CCC(C(C3CC(C)C(O)CC3C)C3CC(C)C(O)CC3C)CC2)CC1. The molecular formula is C37H67NO2. The molecule has 5 saturated carbocycles. The van der Waals surface area contributed by atoms with Gasteiger partial charge in [-0.2, -0.15) is 0 Å². The molecule has 5 aliphatic rings. The summed E-state index contributed by atoms with van der Waals surface area (Å²) in [4.78, 5) is 3.16. The van der Waals surface area contributed by atoms with Crippen LogP contribution in [0.2, 0.25) is 0 Å². The Labute approximate surface area is 248 Å². The van der Waals surface area contributed by atoms with Crippen molar-refractivity contribution in [2.75, 3.05) is 0 Å². The van der Waals surface area contributed by atoms with E-state index >= 15 is 0 Å². The molecule has 0 spiro atoms. The van der Waals surface area contributed by atoms with Crippen molar-refractivity contribution in [1.29, 1.82) is 0 Å². The number of hydrogen-bond donors (Lipinski definition) is 2. The first-order valence-electron chi connectivity index (χ1n) is 18.3. The molecule has 0 saturated heterocycles. The average Bonchev–Trinajstić information content (AvgIpc) is 2.93. The molecule has 5 fully saturated rings. The van der Waals surface area contributed by atoms with Crippen LogP contribution in [0.1, 0.15) is 144 Å². The lowest BCUT2D eigenvalue weighted by Gasteiger charge is -2.53. The van der Waals surface area contributed by atoms with Gasteiger partial charge in [-0.25, -0.2) is 0 Å². The van der Waals surface area contributed by atoms with Crippen molar-refractivity contribution in [3.63, 3.8) is 0 Å². The van der Waals surface area contributed by atoms with Gasteiger partial charge in [0.1, 0.15) is 0 Å². The molecule has 5 aliphatic carbocycles. The fourth-order valence-corrected chi connectivity index (χ4v) is 11.1. The molecule has 0 aromatic carbocycles. The first-order valence-corrected chi connectivity index (χ1v) is 18.3. The average molecular weight is 558 g/mol. The van der Waals surface area contributed by atoms with Gasteiger partial charge in [-0.05, 0) is 162 Å². The number of aliphatic hydroxyl groups excluding tert-OH is 2. The number of hydrogen-bond acceptors (Lipinski definition) is 3. The quantitative estimate of drug-likeness (QED) is 0.343. The zero-order valence-corrected chi connectivity index (χ0v) is 27.3. The predicted octanol–water partition coefficient (Wildman–Crippen LogP) is 8.71. The number of nitrogens with zero attached hydrogens (tertiary/aromatic N) is 1. The molecule has 0 bridgehead atoms. The maximum Gasteiger partial charge on any atom is 0.0568 e. The molecule has 3 nitrogen and oxygen atoms in total. The molecule has 8 atom stereocenters. The van der Waals surface area contributed by atoms with Gasteiger partial charge in [0, 0.05) is 18.1 Å². The van der Waals surface area contributed by atoms with Crippen LogP contribution in [-0.2, 0) is 0 Å². The van der Waals surface area contributed by atoms with E-state index in [0.29, 0.717) is 23.7 Å². The van der Waals surface area contributed by atoms with E-state index in [1.807, 2.05) is 0 Å². The molecule has 8 unspecified atom stereocenters. The first-order chi connectivity index (χ1) is 19.1. The van der Waals surface area contributed by atoms with E-state index in [0.717, 1.165) is 66.5 Å². The summed E-state index contributed by atoms with van der Waals surface area (Å²) in [6.45, 7) is 14.5. The van der Waals surface area contributed by atoms with Crippen molar-refractivity contribution < 1.29 is 10.2 Å². The molecule has 2 N–H and O–H groups in total. The maximum atomic E-state index is 10.7. The van der Waals surface area contributed by atoms with Crippen LogP contribution in [0.4, 0.5) is 0 Å². The number of rotatable bonds is 6. The minimum Gasteiger partial charge on any atom is -0.393 e. The summed E-state index contributed by atoms with van der Waals surface area (Å²) in [5, 5.41) is 21.5. The topological polar surface area (TPSA) is 43.7 Å². The van der Waals surface area contributed by atoms with Crippen molar-refractivity contribution in [2.45, 2.75) is 175 Å². The lowest BCUT2D eigenvalue weighted by atomic mass is 9.55. The second kappa shape index (κ2) is 13.7. The maximum absolute atomic E-state index is 10.7. The highest BCUT2D eigenvalue weighted by atomic mass is 16.3. The van der Waals surface area contributed by atoms with Crippen LogP contribution in [0, 0.1) is 59.2 Å². The summed E-state index contributed by atoms with van der Waals surface area (Å²) in [5.74, 6) is 7.05. The molecule has 0 aromatic heterocycles. The standard InChI is InChI=1S/C37H67NO2/c1-23-7-13-30(14-8-23)38(31-15-9-24(2)10-16-31)32-17-11-29(12-18-32)37(33-19-27(5)35(39)21-25(33)3)34-20-28(6)36(40)22-26(34)4/h23-37,39-40H,7-22H2,1-6H3. The van der Waals surface area contributed by atoms with Crippen LogP contribution in [0.25, 0.3) is 0 Å². The van der Waals surface area contributed by atoms with Crippen molar-refractivity contribution in [3.05, 3.63) is 0 Å². The molecular weight excluding hydrogens is 490 g/mol. The second-order valence-electron chi connectivity index (χ2n) is 16.7. The summed E-state index contributed by atoms with van der Waals surface area (Å²) >= 11 is 0. The van der Waals surface area contributed by atoms with Gasteiger partial charge in [-0.1, -0.05) is 41.5 Å². The van der Waals surface area contributed by atoms with Crippen molar-refractivity contribution in [3.8, 4) is 0 Å². The zero-order chi connectivity index (χ0) is 28.6. The van der Waals surface area contributed by atoms with Crippen molar-refractivity contribution in [1.82, 2.24) is 4.90 Å².